The second kappa shape index (κ2) is 6.78. The Hall–Kier alpha value is -0.850. The molecule has 0 saturated carbocycles. The van der Waals surface area contributed by atoms with Crippen LogP contribution in [0.25, 0.3) is 0 Å². The largest absolute Gasteiger partial charge is 0.441 e. The van der Waals surface area contributed by atoms with Crippen molar-refractivity contribution in [3.8, 4) is 0 Å². The molecule has 0 aromatic carbocycles. The fraction of sp³-hybridized carbons (Fsp3) is 0.800. The summed E-state index contributed by atoms with van der Waals surface area (Å²) in [6.07, 6.45) is 2.40. The zero-order chi connectivity index (χ0) is 11.4. The summed E-state index contributed by atoms with van der Waals surface area (Å²) in [5, 5.41) is 6.96. The van der Waals surface area contributed by atoms with Gasteiger partial charge in [-0.05, 0) is 25.3 Å². The minimum absolute atomic E-state index is 0. The molecule has 1 aliphatic heterocycles. The van der Waals surface area contributed by atoms with Gasteiger partial charge in [0.2, 0.25) is 0 Å². The lowest BCUT2D eigenvalue weighted by atomic mass is 10.0. The van der Waals surface area contributed by atoms with Gasteiger partial charge in [-0.3, -0.25) is 9.09 Å². The van der Waals surface area contributed by atoms with Gasteiger partial charge in [0, 0.05) is 13.6 Å². The third-order valence-corrected chi connectivity index (χ3v) is 2.87. The van der Waals surface area contributed by atoms with E-state index < -0.39 is 5.76 Å². The number of piperidine rings is 1. The highest BCUT2D eigenvalue weighted by molar-refractivity contribution is 5.85. The quantitative estimate of drug-likeness (QED) is 0.847. The van der Waals surface area contributed by atoms with Crippen molar-refractivity contribution < 1.29 is 9.26 Å². The molecule has 0 spiro atoms. The van der Waals surface area contributed by atoms with E-state index in [2.05, 4.69) is 15.0 Å². The second-order valence-corrected chi connectivity index (χ2v) is 4.15. The minimum Gasteiger partial charge on any atom is -0.373 e. The molecule has 0 unspecified atom stereocenters. The molecule has 0 amide bonds. The van der Waals surface area contributed by atoms with E-state index in [0.29, 0.717) is 25.0 Å². The van der Waals surface area contributed by atoms with Crippen LogP contribution in [0.1, 0.15) is 18.7 Å². The first-order valence-corrected chi connectivity index (χ1v) is 5.57. The Morgan fingerprint density at radius 3 is 3.06 bits per heavy atom. The lowest BCUT2D eigenvalue weighted by Gasteiger charge is -2.22. The molecule has 1 atom stereocenters. The number of ether oxygens (including phenoxy) is 1. The van der Waals surface area contributed by atoms with E-state index in [1.165, 1.54) is 17.4 Å². The average Bonchev–Trinajstić information content (AvgIpc) is 2.62. The van der Waals surface area contributed by atoms with Gasteiger partial charge in [0.15, 0.2) is 5.82 Å². The molecule has 2 rings (SSSR count). The fourth-order valence-electron chi connectivity index (χ4n) is 1.83. The van der Waals surface area contributed by atoms with Crippen LogP contribution in [0.15, 0.2) is 9.32 Å². The summed E-state index contributed by atoms with van der Waals surface area (Å²) >= 11 is 0. The van der Waals surface area contributed by atoms with Crippen molar-refractivity contribution in [1.29, 1.82) is 0 Å². The summed E-state index contributed by atoms with van der Waals surface area (Å²) in [4.78, 5) is 11.0. The molecule has 1 fully saturated rings. The van der Waals surface area contributed by atoms with E-state index in [-0.39, 0.29) is 12.4 Å². The van der Waals surface area contributed by atoms with Gasteiger partial charge in [0.1, 0.15) is 6.61 Å². The van der Waals surface area contributed by atoms with E-state index >= 15 is 0 Å². The van der Waals surface area contributed by atoms with Crippen LogP contribution in [0.5, 0.6) is 0 Å². The summed E-state index contributed by atoms with van der Waals surface area (Å²) < 4.78 is 11.4. The summed E-state index contributed by atoms with van der Waals surface area (Å²) in [6.45, 7) is 3.15. The van der Waals surface area contributed by atoms with Crippen LogP contribution in [0.4, 0.5) is 0 Å². The summed E-state index contributed by atoms with van der Waals surface area (Å²) in [5.41, 5.74) is 0. The molecule has 0 bridgehead atoms. The molecule has 1 saturated heterocycles. The Balaban J connectivity index is 0.00000144. The number of hydrogen-bond donors (Lipinski definition) is 1. The van der Waals surface area contributed by atoms with Gasteiger partial charge in [-0.25, -0.2) is 4.79 Å². The monoisotopic (exact) mass is 263 g/mol. The Bertz CT molecular complexity index is 384. The third-order valence-electron chi connectivity index (χ3n) is 2.87. The Labute approximate surface area is 106 Å². The van der Waals surface area contributed by atoms with Crippen LogP contribution in [0.2, 0.25) is 0 Å². The SMILES string of the molecule is Cl.Cn1c(COC[C@H]2CCCNC2)noc1=O. The standard InChI is InChI=1S/C10H17N3O3.ClH/c1-13-9(12-16-10(13)14)7-15-6-8-3-2-4-11-5-8;/h8,11H,2-7H2,1H3;1H/t8-;/m0./s1. The molecule has 0 aliphatic carbocycles. The van der Waals surface area contributed by atoms with Crippen molar-refractivity contribution in [1.82, 2.24) is 15.0 Å². The Morgan fingerprint density at radius 2 is 2.47 bits per heavy atom. The van der Waals surface area contributed by atoms with Crippen molar-refractivity contribution in [2.24, 2.45) is 13.0 Å². The average molecular weight is 264 g/mol. The topological polar surface area (TPSA) is 69.3 Å². The van der Waals surface area contributed by atoms with E-state index in [0.717, 1.165) is 13.1 Å². The minimum atomic E-state index is -0.446. The fourth-order valence-corrected chi connectivity index (χ4v) is 1.83. The van der Waals surface area contributed by atoms with Crippen LogP contribution in [0.3, 0.4) is 0 Å². The summed E-state index contributed by atoms with van der Waals surface area (Å²) in [7, 11) is 1.62. The van der Waals surface area contributed by atoms with Gasteiger partial charge in [-0.1, -0.05) is 5.16 Å². The lowest BCUT2D eigenvalue weighted by Crippen LogP contribution is -2.32. The summed E-state index contributed by atoms with van der Waals surface area (Å²) in [6, 6.07) is 0. The van der Waals surface area contributed by atoms with Gasteiger partial charge in [-0.2, -0.15) is 0 Å². The zero-order valence-electron chi connectivity index (χ0n) is 9.85. The van der Waals surface area contributed by atoms with Crippen LogP contribution < -0.4 is 11.1 Å². The van der Waals surface area contributed by atoms with E-state index in [9.17, 15) is 4.79 Å². The zero-order valence-corrected chi connectivity index (χ0v) is 10.7. The molecule has 1 aromatic heterocycles. The van der Waals surface area contributed by atoms with Crippen LogP contribution in [0, 0.1) is 5.92 Å². The smallest absolute Gasteiger partial charge is 0.373 e. The number of nitrogens with zero attached hydrogens (tertiary/aromatic N) is 2. The second-order valence-electron chi connectivity index (χ2n) is 4.15. The van der Waals surface area contributed by atoms with Gasteiger partial charge in [0.05, 0.1) is 6.61 Å². The van der Waals surface area contributed by atoms with Gasteiger partial charge < -0.3 is 10.1 Å². The molecule has 7 heteroatoms. The maximum absolute atomic E-state index is 11.0. The first-order valence-electron chi connectivity index (χ1n) is 5.57. The van der Waals surface area contributed by atoms with Crippen molar-refractivity contribution in [3.63, 3.8) is 0 Å². The van der Waals surface area contributed by atoms with E-state index in [1.807, 2.05) is 0 Å². The predicted molar refractivity (Wildman–Crippen MR) is 64.2 cm³/mol. The highest BCUT2D eigenvalue weighted by Crippen LogP contribution is 2.10. The van der Waals surface area contributed by atoms with Crippen LogP contribution in [-0.2, 0) is 18.4 Å². The highest BCUT2D eigenvalue weighted by Gasteiger charge is 2.13. The van der Waals surface area contributed by atoms with Crippen LogP contribution >= 0.6 is 12.4 Å². The van der Waals surface area contributed by atoms with Crippen LogP contribution in [-0.4, -0.2) is 29.4 Å². The maximum Gasteiger partial charge on any atom is 0.441 e. The molecule has 1 aliphatic rings. The van der Waals surface area contributed by atoms with Gasteiger partial charge in [-0.15, -0.1) is 12.4 Å². The van der Waals surface area contributed by atoms with Crippen molar-refractivity contribution in [2.75, 3.05) is 19.7 Å². The molecule has 1 N–H and O–H groups in total. The molecule has 98 valence electrons. The molecule has 6 nitrogen and oxygen atoms in total. The Morgan fingerprint density at radius 1 is 1.65 bits per heavy atom. The summed E-state index contributed by atoms with van der Waals surface area (Å²) in [5.74, 6) is 0.657. The molecule has 1 aromatic rings. The van der Waals surface area contributed by atoms with Crippen molar-refractivity contribution in [3.05, 3.63) is 16.4 Å². The highest BCUT2D eigenvalue weighted by atomic mass is 35.5. The molecular weight excluding hydrogens is 246 g/mol. The van der Waals surface area contributed by atoms with E-state index in [1.54, 1.807) is 7.05 Å². The lowest BCUT2D eigenvalue weighted by molar-refractivity contribution is 0.0716. The number of aromatic nitrogens is 2. The molecular formula is C10H18ClN3O3. The predicted octanol–water partition coefficient (Wildman–Crippen LogP) is 0.311. The first-order chi connectivity index (χ1) is 7.77. The van der Waals surface area contributed by atoms with Gasteiger partial charge in [0.25, 0.3) is 0 Å². The van der Waals surface area contributed by atoms with Crippen molar-refractivity contribution >= 4 is 12.4 Å². The number of nitrogens with one attached hydrogen (secondary N) is 1. The van der Waals surface area contributed by atoms with E-state index in [4.69, 9.17) is 4.74 Å². The molecule has 17 heavy (non-hydrogen) atoms. The molecule has 2 heterocycles. The molecule has 0 radical (unpaired) electrons. The Kier molecular flexibility index (Phi) is 5.67. The van der Waals surface area contributed by atoms with Gasteiger partial charge >= 0.3 is 5.76 Å². The normalized spacial score (nSPS) is 19.9. The third kappa shape index (κ3) is 3.83. The number of hydrogen-bond acceptors (Lipinski definition) is 5. The van der Waals surface area contributed by atoms with Crippen molar-refractivity contribution in [2.45, 2.75) is 19.4 Å². The first kappa shape index (κ1) is 14.2. The maximum atomic E-state index is 11.0. The number of halogens is 1. The number of rotatable bonds is 4.